The summed E-state index contributed by atoms with van der Waals surface area (Å²) in [4.78, 5) is 12.7. The summed E-state index contributed by atoms with van der Waals surface area (Å²) in [5.41, 5.74) is -0.528. The van der Waals surface area contributed by atoms with E-state index in [0.29, 0.717) is 11.3 Å². The van der Waals surface area contributed by atoms with Crippen LogP contribution in [0.1, 0.15) is 24.0 Å². The molecule has 0 spiro atoms. The highest BCUT2D eigenvalue weighted by Gasteiger charge is 2.28. The van der Waals surface area contributed by atoms with Crippen molar-refractivity contribution in [3.05, 3.63) is 53.2 Å². The first-order valence-electron chi connectivity index (χ1n) is 7.23. The molecule has 124 valence electrons. The molecule has 1 atom stereocenters. The van der Waals surface area contributed by atoms with E-state index in [9.17, 15) is 14.3 Å². The maximum Gasteiger partial charge on any atom is 0.230 e. The second-order valence-electron chi connectivity index (χ2n) is 5.62. The number of benzene rings is 1. The number of rotatable bonds is 6. The Hall–Kier alpha value is -1.79. The van der Waals surface area contributed by atoms with Crippen molar-refractivity contribution in [2.24, 2.45) is 0 Å². The van der Waals surface area contributed by atoms with Crippen molar-refractivity contribution in [1.82, 2.24) is 5.32 Å². The van der Waals surface area contributed by atoms with Crippen molar-refractivity contribution >= 4 is 17.7 Å². The van der Waals surface area contributed by atoms with E-state index in [1.165, 1.54) is 23.9 Å². The number of aliphatic hydroxyl groups is 1. The third kappa shape index (κ3) is 4.84. The molecule has 2 N–H and O–H groups in total. The Morgan fingerprint density at radius 1 is 1.35 bits per heavy atom. The summed E-state index contributed by atoms with van der Waals surface area (Å²) in [5, 5.41) is 13.2. The van der Waals surface area contributed by atoms with Gasteiger partial charge in [-0.3, -0.25) is 4.79 Å². The molecule has 0 bridgehead atoms. The third-order valence-corrected chi connectivity index (χ3v) is 4.45. The average molecular weight is 337 g/mol. The fourth-order valence-electron chi connectivity index (χ4n) is 2.26. The Bertz CT molecular complexity index is 680. The average Bonchev–Trinajstić information content (AvgIpc) is 2.84. The first-order valence-corrected chi connectivity index (χ1v) is 8.21. The van der Waals surface area contributed by atoms with Crippen LogP contribution in [-0.4, -0.2) is 23.3 Å². The lowest BCUT2D eigenvalue weighted by molar-refractivity contribution is -0.119. The Morgan fingerprint density at radius 3 is 2.57 bits per heavy atom. The number of carbonyl (C=O) groups is 1. The van der Waals surface area contributed by atoms with Gasteiger partial charge >= 0.3 is 0 Å². The van der Waals surface area contributed by atoms with Crippen LogP contribution < -0.4 is 5.32 Å². The van der Waals surface area contributed by atoms with Gasteiger partial charge in [0.15, 0.2) is 0 Å². The second kappa shape index (κ2) is 7.19. The normalized spacial score (nSPS) is 13.6. The van der Waals surface area contributed by atoms with Gasteiger partial charge in [-0.15, -0.1) is 11.8 Å². The highest BCUT2D eigenvalue weighted by molar-refractivity contribution is 8.00. The monoisotopic (exact) mass is 337 g/mol. The number of hydrogen-bond donors (Lipinski definition) is 2. The fourth-order valence-corrected chi connectivity index (χ4v) is 2.99. The van der Waals surface area contributed by atoms with Crippen LogP contribution in [-0.2, 0) is 10.4 Å². The number of aryl methyl sites for hydroxylation is 2. The molecule has 0 aliphatic carbocycles. The molecule has 6 heteroatoms. The Balaban J connectivity index is 1.86. The smallest absolute Gasteiger partial charge is 0.230 e. The Kier molecular flexibility index (Phi) is 5.49. The maximum atomic E-state index is 12.8. The van der Waals surface area contributed by atoms with Crippen LogP contribution >= 0.6 is 11.8 Å². The van der Waals surface area contributed by atoms with Gasteiger partial charge in [0.1, 0.15) is 22.9 Å². The number of furan rings is 1. The molecule has 1 unspecified atom stereocenters. The lowest BCUT2D eigenvalue weighted by Crippen LogP contribution is -2.39. The molecule has 0 aliphatic heterocycles. The van der Waals surface area contributed by atoms with E-state index < -0.39 is 5.60 Å². The third-order valence-electron chi connectivity index (χ3n) is 3.43. The van der Waals surface area contributed by atoms with Crippen molar-refractivity contribution in [3.63, 3.8) is 0 Å². The lowest BCUT2D eigenvalue weighted by atomic mass is 9.96. The minimum atomic E-state index is -1.20. The van der Waals surface area contributed by atoms with E-state index in [1.54, 1.807) is 32.0 Å². The summed E-state index contributed by atoms with van der Waals surface area (Å²) in [6.45, 7) is 5.32. The van der Waals surface area contributed by atoms with Crippen LogP contribution in [0.15, 0.2) is 39.6 Å². The number of halogens is 1. The Morgan fingerprint density at radius 2 is 2.00 bits per heavy atom. The fraction of sp³-hybridized carbons (Fsp3) is 0.353. The molecule has 1 aromatic carbocycles. The summed E-state index contributed by atoms with van der Waals surface area (Å²) in [6, 6.07) is 7.74. The molecule has 1 aromatic heterocycles. The van der Waals surface area contributed by atoms with Gasteiger partial charge in [-0.2, -0.15) is 0 Å². The first-order chi connectivity index (χ1) is 10.8. The van der Waals surface area contributed by atoms with Gasteiger partial charge in [-0.05, 0) is 51.1 Å². The molecule has 4 nitrogen and oxygen atoms in total. The van der Waals surface area contributed by atoms with Crippen LogP contribution in [0.2, 0.25) is 0 Å². The molecule has 1 heterocycles. The molecule has 0 radical (unpaired) electrons. The molecule has 1 amide bonds. The highest BCUT2D eigenvalue weighted by atomic mass is 32.2. The number of thioether (sulfide) groups is 1. The van der Waals surface area contributed by atoms with Crippen LogP contribution in [0.4, 0.5) is 4.39 Å². The predicted octanol–water partition coefficient (Wildman–Crippen LogP) is 3.15. The van der Waals surface area contributed by atoms with Crippen molar-refractivity contribution in [1.29, 1.82) is 0 Å². The lowest BCUT2D eigenvalue weighted by Gasteiger charge is -2.23. The summed E-state index contributed by atoms with van der Waals surface area (Å²) in [6.07, 6.45) is 0. The van der Waals surface area contributed by atoms with Crippen molar-refractivity contribution in [2.45, 2.75) is 31.3 Å². The van der Waals surface area contributed by atoms with E-state index in [-0.39, 0.29) is 24.0 Å². The van der Waals surface area contributed by atoms with Crippen LogP contribution in [0, 0.1) is 19.7 Å². The molecule has 0 aliphatic rings. The van der Waals surface area contributed by atoms with E-state index >= 15 is 0 Å². The Labute approximate surface area is 139 Å². The number of carbonyl (C=O) groups excluding carboxylic acids is 1. The zero-order valence-corrected chi connectivity index (χ0v) is 14.2. The standard InChI is InChI=1S/C17H20FNO3S/c1-11-8-15(12(2)22-11)17(3,21)10-19-16(20)9-23-14-6-4-13(18)5-7-14/h4-8,21H,9-10H2,1-3H3,(H,19,20). The number of amides is 1. The quantitative estimate of drug-likeness (QED) is 0.795. The van der Waals surface area contributed by atoms with Crippen molar-refractivity contribution in [2.75, 3.05) is 12.3 Å². The topological polar surface area (TPSA) is 62.5 Å². The van der Waals surface area contributed by atoms with Crippen LogP contribution in [0.5, 0.6) is 0 Å². The summed E-state index contributed by atoms with van der Waals surface area (Å²) < 4.78 is 18.2. The van der Waals surface area contributed by atoms with E-state index in [0.717, 1.165) is 10.7 Å². The molecule has 2 rings (SSSR count). The summed E-state index contributed by atoms with van der Waals surface area (Å²) in [5.74, 6) is 1.06. The summed E-state index contributed by atoms with van der Waals surface area (Å²) >= 11 is 1.31. The second-order valence-corrected chi connectivity index (χ2v) is 6.67. The van der Waals surface area contributed by atoms with Gasteiger partial charge in [-0.25, -0.2) is 4.39 Å². The van der Waals surface area contributed by atoms with Crippen molar-refractivity contribution in [3.8, 4) is 0 Å². The molecule has 2 aromatic rings. The van der Waals surface area contributed by atoms with Crippen molar-refractivity contribution < 1.29 is 18.7 Å². The molecule has 0 fully saturated rings. The van der Waals surface area contributed by atoms with Gasteiger partial charge in [0.05, 0.1) is 12.3 Å². The first kappa shape index (κ1) is 17.6. The zero-order valence-electron chi connectivity index (χ0n) is 13.4. The van der Waals surface area contributed by atoms with Crippen LogP contribution in [0.3, 0.4) is 0 Å². The maximum absolute atomic E-state index is 12.8. The van der Waals surface area contributed by atoms with Gasteiger partial charge in [0.25, 0.3) is 0 Å². The molecular weight excluding hydrogens is 317 g/mol. The largest absolute Gasteiger partial charge is 0.466 e. The number of hydrogen-bond acceptors (Lipinski definition) is 4. The zero-order chi connectivity index (χ0) is 17.0. The van der Waals surface area contributed by atoms with E-state index in [2.05, 4.69) is 5.32 Å². The minimum absolute atomic E-state index is 0.0929. The molecule has 23 heavy (non-hydrogen) atoms. The van der Waals surface area contributed by atoms with Crippen LogP contribution in [0.25, 0.3) is 0 Å². The highest BCUT2D eigenvalue weighted by Crippen LogP contribution is 2.26. The van der Waals surface area contributed by atoms with Gasteiger partial charge in [-0.1, -0.05) is 0 Å². The minimum Gasteiger partial charge on any atom is -0.466 e. The molecule has 0 saturated heterocycles. The summed E-state index contributed by atoms with van der Waals surface area (Å²) in [7, 11) is 0. The van der Waals surface area contributed by atoms with Gasteiger partial charge in [0, 0.05) is 10.5 Å². The van der Waals surface area contributed by atoms with E-state index in [1.807, 2.05) is 6.92 Å². The molecular formula is C17H20FNO3S. The number of nitrogens with one attached hydrogen (secondary N) is 1. The molecule has 0 saturated carbocycles. The van der Waals surface area contributed by atoms with Gasteiger partial charge in [0.2, 0.25) is 5.91 Å². The predicted molar refractivity (Wildman–Crippen MR) is 87.9 cm³/mol. The SMILES string of the molecule is Cc1cc(C(C)(O)CNC(=O)CSc2ccc(F)cc2)c(C)o1. The van der Waals surface area contributed by atoms with Gasteiger partial charge < -0.3 is 14.8 Å². The van der Waals surface area contributed by atoms with E-state index in [4.69, 9.17) is 4.42 Å².